The molecule has 0 aliphatic rings. The number of carbonyl (C=O) groups is 2. The van der Waals surface area contributed by atoms with Gasteiger partial charge >= 0.3 is 0 Å². The Hall–Kier alpha value is -3.60. The minimum atomic E-state index is -0.250. The molecule has 5 heteroatoms. The average molecular weight is 434 g/mol. The van der Waals surface area contributed by atoms with Crippen molar-refractivity contribution in [3.05, 3.63) is 90.0 Å². The lowest BCUT2D eigenvalue weighted by atomic mass is 10.0. The Kier molecular flexibility index (Phi) is 11.1. The second kappa shape index (κ2) is 14.4. The van der Waals surface area contributed by atoms with Crippen LogP contribution in [0.3, 0.4) is 0 Å². The molecule has 0 radical (unpaired) electrons. The molecule has 5 nitrogen and oxygen atoms in total. The van der Waals surface area contributed by atoms with Crippen LogP contribution in [0.1, 0.15) is 48.5 Å². The molecule has 0 aromatic heterocycles. The van der Waals surface area contributed by atoms with E-state index in [0.29, 0.717) is 18.7 Å². The van der Waals surface area contributed by atoms with Crippen LogP contribution in [0.25, 0.3) is 11.1 Å². The number of carboxylic acid groups (broad SMARTS) is 1. The van der Waals surface area contributed by atoms with Crippen molar-refractivity contribution in [3.63, 3.8) is 0 Å². The molecule has 3 rings (SSSR count). The third-order valence-corrected chi connectivity index (χ3v) is 4.92. The molecule has 3 aromatic carbocycles. The summed E-state index contributed by atoms with van der Waals surface area (Å²) in [5, 5.41) is 9.90. The van der Waals surface area contributed by atoms with E-state index in [2.05, 4.69) is 24.4 Å². The summed E-state index contributed by atoms with van der Waals surface area (Å²) in [6, 6.07) is 25.8. The Morgan fingerprint density at radius 1 is 0.875 bits per heavy atom. The van der Waals surface area contributed by atoms with Gasteiger partial charge in [0.2, 0.25) is 0 Å². The van der Waals surface area contributed by atoms with Crippen LogP contribution in [0.2, 0.25) is 0 Å². The molecule has 2 N–H and O–H groups in total. The number of rotatable bonds is 10. The van der Waals surface area contributed by atoms with Crippen LogP contribution in [-0.2, 0) is 11.3 Å². The maximum Gasteiger partial charge on any atom is 0.290 e. The van der Waals surface area contributed by atoms with Gasteiger partial charge in [-0.1, -0.05) is 86.8 Å². The smallest absolute Gasteiger partial charge is 0.290 e. The van der Waals surface area contributed by atoms with E-state index in [1.54, 1.807) is 0 Å². The van der Waals surface area contributed by atoms with E-state index in [0.717, 1.165) is 28.9 Å². The number of hydrogen-bond donors (Lipinski definition) is 2. The highest BCUT2D eigenvalue weighted by Gasteiger charge is 2.08. The van der Waals surface area contributed by atoms with Crippen LogP contribution < -0.4 is 10.1 Å². The maximum atomic E-state index is 12.6. The Morgan fingerprint density at radius 2 is 1.50 bits per heavy atom. The largest absolute Gasteiger partial charge is 0.493 e. The molecule has 3 aromatic rings. The van der Waals surface area contributed by atoms with E-state index in [9.17, 15) is 4.79 Å². The molecule has 1 amide bonds. The minimum Gasteiger partial charge on any atom is -0.493 e. The molecule has 0 bridgehead atoms. The lowest BCUT2D eigenvalue weighted by Crippen LogP contribution is -2.23. The molecule has 0 heterocycles. The Balaban J connectivity index is 0.00000114. The predicted molar refractivity (Wildman–Crippen MR) is 128 cm³/mol. The van der Waals surface area contributed by atoms with Gasteiger partial charge in [-0.15, -0.1) is 0 Å². The standard InChI is InChI=1S/C26H29NO2.CH2O2/c1-2-3-4-10-19-29-25-14-9-8-13-24(25)20-27-26(28)23-17-15-22(16-18-23)21-11-6-5-7-12-21;2-1-3/h5-9,11-18H,2-4,10,19-20H2,1H3,(H,27,28);1H,(H,2,3). The van der Waals surface area contributed by atoms with Crippen molar-refractivity contribution in [1.82, 2.24) is 5.32 Å². The van der Waals surface area contributed by atoms with Crippen molar-refractivity contribution in [2.24, 2.45) is 0 Å². The first-order valence-electron chi connectivity index (χ1n) is 10.9. The summed E-state index contributed by atoms with van der Waals surface area (Å²) in [6.07, 6.45) is 4.70. The zero-order valence-corrected chi connectivity index (χ0v) is 18.5. The van der Waals surface area contributed by atoms with Crippen molar-refractivity contribution in [3.8, 4) is 16.9 Å². The van der Waals surface area contributed by atoms with Crippen molar-refractivity contribution in [1.29, 1.82) is 0 Å². The van der Waals surface area contributed by atoms with Crippen LogP contribution >= 0.6 is 0 Å². The predicted octanol–water partition coefficient (Wildman–Crippen LogP) is 5.94. The fourth-order valence-electron chi connectivity index (χ4n) is 3.22. The summed E-state index contributed by atoms with van der Waals surface area (Å²) in [7, 11) is 0. The number of carbonyl (C=O) groups excluding carboxylic acids is 1. The highest BCUT2D eigenvalue weighted by molar-refractivity contribution is 5.94. The molecular weight excluding hydrogens is 402 g/mol. The van der Waals surface area contributed by atoms with Gasteiger partial charge in [-0.05, 0) is 35.7 Å². The molecule has 0 saturated carbocycles. The van der Waals surface area contributed by atoms with Gasteiger partial charge in [-0.3, -0.25) is 9.59 Å². The first kappa shape index (κ1) is 24.7. The summed E-state index contributed by atoms with van der Waals surface area (Å²) >= 11 is 0. The number of benzene rings is 3. The van der Waals surface area contributed by atoms with Gasteiger partial charge in [0.15, 0.2) is 0 Å². The Bertz CT molecular complexity index is 939. The van der Waals surface area contributed by atoms with Crippen molar-refractivity contribution in [2.45, 2.75) is 39.2 Å². The highest BCUT2D eigenvalue weighted by Crippen LogP contribution is 2.20. The van der Waals surface area contributed by atoms with Gasteiger partial charge in [0.25, 0.3) is 12.4 Å². The SMILES string of the molecule is CCCCCCOc1ccccc1CNC(=O)c1ccc(-c2ccccc2)cc1.O=CO. The zero-order valence-electron chi connectivity index (χ0n) is 18.5. The second-order valence-corrected chi connectivity index (χ2v) is 7.25. The van der Waals surface area contributed by atoms with E-state index in [1.165, 1.54) is 19.3 Å². The van der Waals surface area contributed by atoms with E-state index in [-0.39, 0.29) is 12.4 Å². The highest BCUT2D eigenvalue weighted by atomic mass is 16.5. The topological polar surface area (TPSA) is 75.6 Å². The maximum absolute atomic E-state index is 12.6. The van der Waals surface area contributed by atoms with Gasteiger partial charge in [0.05, 0.1) is 6.61 Å². The minimum absolute atomic E-state index is 0.0811. The number of ether oxygens (including phenoxy) is 1. The van der Waals surface area contributed by atoms with E-state index in [4.69, 9.17) is 14.6 Å². The van der Waals surface area contributed by atoms with E-state index >= 15 is 0 Å². The van der Waals surface area contributed by atoms with Crippen LogP contribution in [0.4, 0.5) is 0 Å². The molecule has 0 aliphatic heterocycles. The molecule has 0 unspecified atom stereocenters. The molecule has 0 aliphatic carbocycles. The van der Waals surface area contributed by atoms with Gasteiger partial charge < -0.3 is 15.2 Å². The van der Waals surface area contributed by atoms with Gasteiger partial charge in [0, 0.05) is 17.7 Å². The number of para-hydroxylation sites is 1. The molecular formula is C27H31NO4. The van der Waals surface area contributed by atoms with Gasteiger partial charge in [-0.2, -0.15) is 0 Å². The van der Waals surface area contributed by atoms with Crippen LogP contribution in [0.15, 0.2) is 78.9 Å². The number of nitrogens with one attached hydrogen (secondary N) is 1. The Labute approximate surface area is 190 Å². The first-order chi connectivity index (χ1) is 15.7. The van der Waals surface area contributed by atoms with Crippen LogP contribution in [0.5, 0.6) is 5.75 Å². The average Bonchev–Trinajstić information content (AvgIpc) is 2.84. The summed E-state index contributed by atoms with van der Waals surface area (Å²) < 4.78 is 5.94. The molecule has 0 spiro atoms. The summed E-state index contributed by atoms with van der Waals surface area (Å²) in [5.74, 6) is 0.770. The molecule has 32 heavy (non-hydrogen) atoms. The van der Waals surface area contributed by atoms with Gasteiger partial charge in [0.1, 0.15) is 5.75 Å². The van der Waals surface area contributed by atoms with Crippen LogP contribution in [0, 0.1) is 0 Å². The third kappa shape index (κ3) is 8.26. The quantitative estimate of drug-likeness (QED) is 0.306. The number of amides is 1. The first-order valence-corrected chi connectivity index (χ1v) is 10.9. The monoisotopic (exact) mass is 433 g/mol. The second-order valence-electron chi connectivity index (χ2n) is 7.25. The molecule has 0 atom stereocenters. The lowest BCUT2D eigenvalue weighted by molar-refractivity contribution is -0.122. The van der Waals surface area contributed by atoms with Gasteiger partial charge in [-0.25, -0.2) is 0 Å². The van der Waals surface area contributed by atoms with E-state index in [1.807, 2.05) is 66.7 Å². The molecule has 0 fully saturated rings. The normalized spacial score (nSPS) is 9.91. The summed E-state index contributed by atoms with van der Waals surface area (Å²) in [5.41, 5.74) is 3.90. The van der Waals surface area contributed by atoms with Crippen molar-refractivity contribution < 1.29 is 19.4 Å². The van der Waals surface area contributed by atoms with Crippen molar-refractivity contribution in [2.75, 3.05) is 6.61 Å². The van der Waals surface area contributed by atoms with Crippen molar-refractivity contribution >= 4 is 12.4 Å². The van der Waals surface area contributed by atoms with E-state index < -0.39 is 0 Å². The fraction of sp³-hybridized carbons (Fsp3) is 0.259. The van der Waals surface area contributed by atoms with Crippen LogP contribution in [-0.4, -0.2) is 24.1 Å². The summed E-state index contributed by atoms with van der Waals surface area (Å²) in [4.78, 5) is 20.9. The Morgan fingerprint density at radius 3 is 2.19 bits per heavy atom. The number of hydrogen-bond acceptors (Lipinski definition) is 3. The molecule has 0 saturated heterocycles. The molecule has 168 valence electrons. The zero-order chi connectivity index (χ0) is 23.0. The third-order valence-electron chi connectivity index (χ3n) is 4.92. The number of unbranched alkanes of at least 4 members (excludes halogenated alkanes) is 3. The fourth-order valence-corrected chi connectivity index (χ4v) is 3.22. The lowest BCUT2D eigenvalue weighted by Gasteiger charge is -2.12. The summed E-state index contributed by atoms with van der Waals surface area (Å²) in [6.45, 7) is 3.12.